The molecule has 1 atom stereocenters. The fraction of sp³-hybridized carbons (Fsp3) is 0.222. The maximum absolute atomic E-state index is 12.6. The van der Waals surface area contributed by atoms with Gasteiger partial charge in [0.25, 0.3) is 11.8 Å². The molecule has 0 spiro atoms. The van der Waals surface area contributed by atoms with Crippen LogP contribution in [0.2, 0.25) is 0 Å². The largest absolute Gasteiger partial charge is 0.480 e. The van der Waals surface area contributed by atoms with Gasteiger partial charge in [-0.3, -0.25) is 14.9 Å². The summed E-state index contributed by atoms with van der Waals surface area (Å²) in [5, 5.41) is 7.56. The predicted octanol–water partition coefficient (Wildman–Crippen LogP) is 1.71. The van der Waals surface area contributed by atoms with E-state index in [9.17, 15) is 14.4 Å². The number of nitrogens with zero attached hydrogens (tertiary/aromatic N) is 1. The van der Waals surface area contributed by atoms with Crippen LogP contribution in [-0.2, 0) is 10.3 Å². The van der Waals surface area contributed by atoms with Crippen LogP contribution in [0.15, 0.2) is 36.4 Å². The van der Waals surface area contributed by atoms with Crippen LogP contribution in [-0.4, -0.2) is 29.9 Å². The van der Waals surface area contributed by atoms with Crippen LogP contribution in [0.3, 0.4) is 0 Å². The lowest BCUT2D eigenvalue weighted by atomic mass is 9.92. The molecule has 0 radical (unpaired) electrons. The molecule has 1 fully saturated rings. The first kappa shape index (κ1) is 17.4. The number of hydrogen-bond acceptors (Lipinski definition) is 5. The second kappa shape index (κ2) is 6.47. The molecule has 1 saturated heterocycles. The first-order valence-corrected chi connectivity index (χ1v) is 7.90. The zero-order valence-corrected chi connectivity index (χ0v) is 14.5. The Morgan fingerprint density at radius 3 is 2.65 bits per heavy atom. The molecule has 134 valence electrons. The zero-order valence-electron chi connectivity index (χ0n) is 14.5. The third-order valence-electron chi connectivity index (χ3n) is 4.18. The fourth-order valence-electron chi connectivity index (χ4n) is 2.71. The standard InChI is InChI=1S/C18H18N4O4/c1-10-7-8-13(15(19-10)26-3)14(23)20-12-6-4-5-11(9-12)18(2)16(24)21-17(25)22-18/h4-9H,1-3H3,(H,20,23)(H2,21,22,24,25). The smallest absolute Gasteiger partial charge is 0.322 e. The number of urea groups is 1. The van der Waals surface area contributed by atoms with Gasteiger partial charge in [0.1, 0.15) is 11.1 Å². The second-order valence-electron chi connectivity index (χ2n) is 6.08. The lowest BCUT2D eigenvalue weighted by Crippen LogP contribution is -2.40. The summed E-state index contributed by atoms with van der Waals surface area (Å²) in [6, 6.07) is 9.51. The Bertz CT molecular complexity index is 912. The highest BCUT2D eigenvalue weighted by Crippen LogP contribution is 2.27. The molecule has 2 aromatic rings. The molecule has 1 unspecified atom stereocenters. The van der Waals surface area contributed by atoms with Gasteiger partial charge in [0, 0.05) is 11.4 Å². The highest BCUT2D eigenvalue weighted by Gasteiger charge is 2.43. The number of pyridine rings is 1. The van der Waals surface area contributed by atoms with Crippen molar-refractivity contribution < 1.29 is 19.1 Å². The van der Waals surface area contributed by atoms with Crippen molar-refractivity contribution in [3.63, 3.8) is 0 Å². The second-order valence-corrected chi connectivity index (χ2v) is 6.08. The number of carbonyl (C=O) groups excluding carboxylic acids is 3. The molecule has 1 aliphatic rings. The molecule has 1 aromatic carbocycles. The Labute approximate surface area is 150 Å². The van der Waals surface area contributed by atoms with Gasteiger partial charge in [-0.15, -0.1) is 0 Å². The lowest BCUT2D eigenvalue weighted by Gasteiger charge is -2.21. The third kappa shape index (κ3) is 3.08. The van der Waals surface area contributed by atoms with Gasteiger partial charge in [-0.25, -0.2) is 9.78 Å². The van der Waals surface area contributed by atoms with Crippen molar-refractivity contribution in [2.75, 3.05) is 12.4 Å². The zero-order chi connectivity index (χ0) is 18.9. The molecule has 3 rings (SSSR count). The van der Waals surface area contributed by atoms with Crippen molar-refractivity contribution >= 4 is 23.5 Å². The highest BCUT2D eigenvalue weighted by atomic mass is 16.5. The summed E-state index contributed by atoms with van der Waals surface area (Å²) < 4.78 is 5.16. The maximum Gasteiger partial charge on any atom is 0.322 e. The highest BCUT2D eigenvalue weighted by molar-refractivity contribution is 6.08. The molecule has 3 N–H and O–H groups in total. The quantitative estimate of drug-likeness (QED) is 0.724. The van der Waals surface area contributed by atoms with Crippen molar-refractivity contribution in [3.8, 4) is 5.88 Å². The Morgan fingerprint density at radius 1 is 1.23 bits per heavy atom. The molecular formula is C18H18N4O4. The van der Waals surface area contributed by atoms with Crippen molar-refractivity contribution in [2.45, 2.75) is 19.4 Å². The van der Waals surface area contributed by atoms with E-state index in [4.69, 9.17) is 4.74 Å². The van der Waals surface area contributed by atoms with Crippen molar-refractivity contribution in [3.05, 3.63) is 53.2 Å². The van der Waals surface area contributed by atoms with Gasteiger partial charge in [-0.1, -0.05) is 12.1 Å². The molecule has 4 amide bonds. The summed E-state index contributed by atoms with van der Waals surface area (Å²) in [6.45, 7) is 3.40. The number of ether oxygens (including phenoxy) is 1. The van der Waals surface area contributed by atoms with Crippen LogP contribution in [0.5, 0.6) is 5.88 Å². The van der Waals surface area contributed by atoms with Crippen LogP contribution in [0.25, 0.3) is 0 Å². The van der Waals surface area contributed by atoms with Gasteiger partial charge in [0.05, 0.1) is 7.11 Å². The molecule has 0 bridgehead atoms. The van der Waals surface area contributed by atoms with Gasteiger partial charge in [0.15, 0.2) is 0 Å². The number of carbonyl (C=O) groups is 3. The van der Waals surface area contributed by atoms with Crippen molar-refractivity contribution in [2.24, 2.45) is 0 Å². The summed E-state index contributed by atoms with van der Waals surface area (Å²) >= 11 is 0. The van der Waals surface area contributed by atoms with Crippen LogP contribution in [0.4, 0.5) is 10.5 Å². The number of amides is 4. The van der Waals surface area contributed by atoms with E-state index in [0.29, 0.717) is 16.8 Å². The van der Waals surface area contributed by atoms with Crippen LogP contribution in [0.1, 0.15) is 28.5 Å². The average Bonchev–Trinajstić information content (AvgIpc) is 2.88. The van der Waals surface area contributed by atoms with E-state index in [2.05, 4.69) is 20.9 Å². The number of aryl methyl sites for hydroxylation is 1. The van der Waals surface area contributed by atoms with Gasteiger partial charge in [0.2, 0.25) is 5.88 Å². The molecule has 0 saturated carbocycles. The summed E-state index contributed by atoms with van der Waals surface area (Å²) in [7, 11) is 1.45. The SMILES string of the molecule is COc1nc(C)ccc1C(=O)Nc1cccc(C2(C)NC(=O)NC2=O)c1. The van der Waals surface area contributed by atoms with E-state index in [1.54, 1.807) is 50.2 Å². The molecule has 2 heterocycles. The molecule has 1 aromatic heterocycles. The molecule has 8 heteroatoms. The first-order valence-electron chi connectivity index (χ1n) is 7.90. The summed E-state index contributed by atoms with van der Waals surface area (Å²) in [5.41, 5.74) is 0.858. The van der Waals surface area contributed by atoms with Gasteiger partial charge < -0.3 is 15.4 Å². The predicted molar refractivity (Wildman–Crippen MR) is 93.9 cm³/mol. The number of nitrogens with one attached hydrogen (secondary N) is 3. The van der Waals surface area contributed by atoms with Crippen molar-refractivity contribution in [1.29, 1.82) is 0 Å². The number of aromatic nitrogens is 1. The van der Waals surface area contributed by atoms with Crippen LogP contribution < -0.4 is 20.7 Å². The topological polar surface area (TPSA) is 109 Å². The number of benzene rings is 1. The number of methoxy groups -OCH3 is 1. The van der Waals surface area contributed by atoms with E-state index in [0.717, 1.165) is 5.69 Å². The maximum atomic E-state index is 12.6. The summed E-state index contributed by atoms with van der Waals surface area (Å²) in [6.07, 6.45) is 0. The monoisotopic (exact) mass is 354 g/mol. The Balaban J connectivity index is 1.87. The van der Waals surface area contributed by atoms with E-state index in [1.807, 2.05) is 0 Å². The first-order chi connectivity index (χ1) is 12.3. The van der Waals surface area contributed by atoms with Crippen LogP contribution in [0, 0.1) is 6.92 Å². The Morgan fingerprint density at radius 2 is 2.00 bits per heavy atom. The van der Waals surface area contributed by atoms with E-state index in [1.165, 1.54) is 7.11 Å². The summed E-state index contributed by atoms with van der Waals surface area (Å²) in [4.78, 5) is 40.3. The molecule has 0 aliphatic carbocycles. The molecular weight excluding hydrogens is 336 g/mol. The molecule has 26 heavy (non-hydrogen) atoms. The van der Waals surface area contributed by atoms with Crippen molar-refractivity contribution in [1.82, 2.24) is 15.6 Å². The van der Waals surface area contributed by atoms with Crippen LogP contribution >= 0.6 is 0 Å². The number of anilines is 1. The normalized spacial score (nSPS) is 18.9. The minimum atomic E-state index is -1.19. The molecule has 1 aliphatic heterocycles. The van der Waals surface area contributed by atoms with E-state index < -0.39 is 23.4 Å². The number of imide groups is 1. The van der Waals surface area contributed by atoms with E-state index in [-0.39, 0.29) is 5.88 Å². The lowest BCUT2D eigenvalue weighted by molar-refractivity contribution is -0.123. The summed E-state index contributed by atoms with van der Waals surface area (Å²) in [5.74, 6) is -0.611. The van der Waals surface area contributed by atoms with Gasteiger partial charge >= 0.3 is 6.03 Å². The minimum Gasteiger partial charge on any atom is -0.480 e. The molecule has 8 nitrogen and oxygen atoms in total. The van der Waals surface area contributed by atoms with Gasteiger partial charge in [-0.05, 0) is 43.7 Å². The number of rotatable bonds is 4. The number of hydrogen-bond donors (Lipinski definition) is 3. The minimum absolute atomic E-state index is 0.230. The van der Waals surface area contributed by atoms with E-state index >= 15 is 0 Å². The van der Waals surface area contributed by atoms with Gasteiger partial charge in [-0.2, -0.15) is 0 Å². The third-order valence-corrected chi connectivity index (χ3v) is 4.18. The fourth-order valence-corrected chi connectivity index (χ4v) is 2.71. The Hall–Kier alpha value is -3.42. The Kier molecular flexibility index (Phi) is 4.33. The average molecular weight is 354 g/mol.